The molecule has 1 heterocycles. The lowest BCUT2D eigenvalue weighted by molar-refractivity contribution is -0.384. The monoisotopic (exact) mass is 381 g/mol. The summed E-state index contributed by atoms with van der Waals surface area (Å²) in [5, 5.41) is 23.2. The number of nitriles is 1. The van der Waals surface area contributed by atoms with E-state index in [0.717, 1.165) is 0 Å². The molecule has 1 aliphatic heterocycles. The van der Waals surface area contributed by atoms with E-state index < -0.39 is 16.7 Å². The standard InChI is InChI=1S/C20H19N3O5/c1-11(24)14(10-21)19-22-18(12-4-6-13(7-5-12)23(26)27)17-15(25)8-20(2,3)9-16(17)28-19/h4-7,18,22H,8-9H2,1-3H3/b19-14+. The number of allylic oxidation sites excluding steroid dienone is 2. The molecule has 1 N–H and O–H groups in total. The van der Waals surface area contributed by atoms with Crippen molar-refractivity contribution in [2.75, 3.05) is 0 Å². The average Bonchev–Trinajstić information content (AvgIpc) is 2.60. The zero-order valence-corrected chi connectivity index (χ0v) is 15.7. The molecule has 8 heteroatoms. The molecule has 144 valence electrons. The maximum atomic E-state index is 12.8. The molecule has 1 aromatic rings. The number of benzene rings is 1. The van der Waals surface area contributed by atoms with Gasteiger partial charge in [0.25, 0.3) is 5.69 Å². The lowest BCUT2D eigenvalue weighted by atomic mass is 9.74. The molecule has 0 saturated heterocycles. The number of non-ortho nitro benzene ring substituents is 1. The van der Waals surface area contributed by atoms with Crippen molar-refractivity contribution in [2.45, 2.75) is 39.7 Å². The Morgan fingerprint density at radius 1 is 1.32 bits per heavy atom. The Bertz CT molecular complexity index is 980. The SMILES string of the molecule is CC(=O)/C(C#N)=C1\NC(c2ccc([N+](=O)[O-])cc2)C2=C(CC(C)(C)CC2=O)O1. The third kappa shape index (κ3) is 3.51. The summed E-state index contributed by atoms with van der Waals surface area (Å²) in [4.78, 5) is 35.1. The van der Waals surface area contributed by atoms with Gasteiger partial charge in [0.15, 0.2) is 17.1 Å². The fourth-order valence-electron chi connectivity index (χ4n) is 3.50. The molecule has 0 aromatic heterocycles. The summed E-state index contributed by atoms with van der Waals surface area (Å²) in [6, 6.07) is 6.98. The number of nitro benzene ring substituents is 1. The summed E-state index contributed by atoms with van der Waals surface area (Å²) in [6.45, 7) is 5.15. The van der Waals surface area contributed by atoms with Crippen LogP contribution < -0.4 is 5.32 Å². The van der Waals surface area contributed by atoms with Gasteiger partial charge in [-0.25, -0.2) is 0 Å². The van der Waals surface area contributed by atoms with Crippen molar-refractivity contribution in [3.8, 4) is 6.07 Å². The first-order chi connectivity index (χ1) is 13.1. The van der Waals surface area contributed by atoms with Crippen LogP contribution in [0, 0.1) is 26.9 Å². The Labute approximate surface area is 161 Å². The molecular weight excluding hydrogens is 362 g/mol. The highest BCUT2D eigenvalue weighted by Crippen LogP contribution is 2.44. The smallest absolute Gasteiger partial charge is 0.269 e. The van der Waals surface area contributed by atoms with Crippen LogP contribution >= 0.6 is 0 Å². The van der Waals surface area contributed by atoms with Crippen LogP contribution in [0.3, 0.4) is 0 Å². The number of nitrogens with one attached hydrogen (secondary N) is 1. The van der Waals surface area contributed by atoms with E-state index >= 15 is 0 Å². The van der Waals surface area contributed by atoms with Crippen LogP contribution in [0.4, 0.5) is 5.69 Å². The second-order valence-electron chi connectivity index (χ2n) is 7.68. The van der Waals surface area contributed by atoms with Crippen LogP contribution in [0.2, 0.25) is 0 Å². The van der Waals surface area contributed by atoms with Crippen molar-refractivity contribution in [3.63, 3.8) is 0 Å². The molecule has 3 rings (SSSR count). The molecule has 1 aliphatic carbocycles. The first-order valence-corrected chi connectivity index (χ1v) is 8.73. The molecular formula is C20H19N3O5. The number of nitrogens with zero attached hydrogens (tertiary/aromatic N) is 2. The molecule has 0 bridgehead atoms. The van der Waals surface area contributed by atoms with E-state index in [2.05, 4.69) is 5.32 Å². The number of Topliss-reactive ketones (excluding diaryl/α,β-unsaturated/α-hetero) is 2. The first kappa shape index (κ1) is 19.3. The predicted molar refractivity (Wildman–Crippen MR) is 98.4 cm³/mol. The molecule has 0 radical (unpaired) electrons. The van der Waals surface area contributed by atoms with Crippen LogP contribution in [0.5, 0.6) is 0 Å². The molecule has 1 atom stereocenters. The molecule has 0 saturated carbocycles. The Hall–Kier alpha value is -3.47. The summed E-state index contributed by atoms with van der Waals surface area (Å²) in [5.41, 5.74) is 0.472. The minimum Gasteiger partial charge on any atom is -0.444 e. The zero-order valence-electron chi connectivity index (χ0n) is 15.7. The second kappa shape index (κ2) is 6.93. The third-order valence-electron chi connectivity index (χ3n) is 4.80. The number of carbonyl (C=O) groups excluding carboxylic acids is 2. The minimum absolute atomic E-state index is 0.00241. The lowest BCUT2D eigenvalue weighted by Crippen LogP contribution is -2.39. The molecule has 0 fully saturated rings. The Balaban J connectivity index is 2.15. The summed E-state index contributed by atoms with van der Waals surface area (Å²) >= 11 is 0. The highest BCUT2D eigenvalue weighted by molar-refractivity contribution is 6.00. The normalized spacial score (nSPS) is 22.4. The van der Waals surface area contributed by atoms with Gasteiger partial charge >= 0.3 is 0 Å². The number of ether oxygens (including phenoxy) is 1. The summed E-state index contributed by atoms with van der Waals surface area (Å²) in [5.74, 6) is -0.129. The van der Waals surface area contributed by atoms with Crippen molar-refractivity contribution < 1.29 is 19.2 Å². The number of ketones is 2. The number of rotatable bonds is 3. The first-order valence-electron chi connectivity index (χ1n) is 8.73. The van der Waals surface area contributed by atoms with Crippen LogP contribution in [0.25, 0.3) is 0 Å². The van der Waals surface area contributed by atoms with Gasteiger partial charge in [0.05, 0.1) is 16.5 Å². The Morgan fingerprint density at radius 3 is 2.50 bits per heavy atom. The largest absolute Gasteiger partial charge is 0.444 e. The van der Waals surface area contributed by atoms with Crippen LogP contribution in [-0.2, 0) is 14.3 Å². The topological polar surface area (TPSA) is 122 Å². The lowest BCUT2D eigenvalue weighted by Gasteiger charge is -2.39. The van der Waals surface area contributed by atoms with Crippen LogP contribution in [0.1, 0.15) is 45.2 Å². The van der Waals surface area contributed by atoms with Gasteiger partial charge in [0.1, 0.15) is 11.8 Å². The van der Waals surface area contributed by atoms with E-state index in [-0.39, 0.29) is 28.3 Å². The fraction of sp³-hybridized carbons (Fsp3) is 0.350. The molecule has 2 aliphatic rings. The van der Waals surface area contributed by atoms with Crippen molar-refractivity contribution >= 4 is 17.3 Å². The second-order valence-corrected chi connectivity index (χ2v) is 7.68. The van der Waals surface area contributed by atoms with Crippen molar-refractivity contribution in [3.05, 3.63) is 62.7 Å². The minimum atomic E-state index is -0.661. The van der Waals surface area contributed by atoms with E-state index in [0.29, 0.717) is 29.7 Å². The maximum absolute atomic E-state index is 12.8. The van der Waals surface area contributed by atoms with Crippen LogP contribution in [0.15, 0.2) is 47.1 Å². The van der Waals surface area contributed by atoms with Gasteiger partial charge < -0.3 is 10.1 Å². The molecule has 8 nitrogen and oxygen atoms in total. The Morgan fingerprint density at radius 2 is 1.96 bits per heavy atom. The highest BCUT2D eigenvalue weighted by atomic mass is 16.6. The van der Waals surface area contributed by atoms with Gasteiger partial charge in [-0.1, -0.05) is 13.8 Å². The Kier molecular flexibility index (Phi) is 4.77. The molecule has 1 unspecified atom stereocenters. The molecule has 28 heavy (non-hydrogen) atoms. The molecule has 1 aromatic carbocycles. The maximum Gasteiger partial charge on any atom is 0.269 e. The average molecular weight is 381 g/mol. The van der Waals surface area contributed by atoms with Gasteiger partial charge in [-0.05, 0) is 23.1 Å². The molecule has 0 spiro atoms. The number of nitro groups is 1. The van der Waals surface area contributed by atoms with Gasteiger partial charge in [-0.3, -0.25) is 19.7 Å². The van der Waals surface area contributed by atoms with E-state index in [1.165, 1.54) is 19.1 Å². The van der Waals surface area contributed by atoms with E-state index in [1.54, 1.807) is 12.1 Å². The van der Waals surface area contributed by atoms with Gasteiger partial charge in [0, 0.05) is 31.9 Å². The highest BCUT2D eigenvalue weighted by Gasteiger charge is 2.42. The van der Waals surface area contributed by atoms with Gasteiger partial charge in [-0.2, -0.15) is 5.26 Å². The van der Waals surface area contributed by atoms with E-state index in [1.807, 2.05) is 19.9 Å². The van der Waals surface area contributed by atoms with Crippen molar-refractivity contribution in [1.82, 2.24) is 5.32 Å². The van der Waals surface area contributed by atoms with Gasteiger partial charge in [-0.15, -0.1) is 0 Å². The van der Waals surface area contributed by atoms with Crippen LogP contribution in [-0.4, -0.2) is 16.5 Å². The van der Waals surface area contributed by atoms with E-state index in [9.17, 15) is 25.0 Å². The van der Waals surface area contributed by atoms with Crippen molar-refractivity contribution in [1.29, 1.82) is 5.26 Å². The fourth-order valence-corrected chi connectivity index (χ4v) is 3.50. The third-order valence-corrected chi connectivity index (χ3v) is 4.80. The summed E-state index contributed by atoms with van der Waals surface area (Å²) in [6.07, 6.45) is 0.802. The van der Waals surface area contributed by atoms with Crippen molar-refractivity contribution in [2.24, 2.45) is 5.41 Å². The predicted octanol–water partition coefficient (Wildman–Crippen LogP) is 3.22. The molecule has 0 amide bonds. The summed E-state index contributed by atoms with van der Waals surface area (Å²) < 4.78 is 5.80. The van der Waals surface area contributed by atoms with Gasteiger partial charge in [0.2, 0.25) is 5.88 Å². The van der Waals surface area contributed by atoms with E-state index in [4.69, 9.17) is 4.74 Å². The quantitative estimate of drug-likeness (QED) is 0.369. The number of hydrogen-bond acceptors (Lipinski definition) is 7. The zero-order chi connectivity index (χ0) is 20.6. The number of carbonyl (C=O) groups is 2. The number of hydrogen-bond donors (Lipinski definition) is 1. The summed E-state index contributed by atoms with van der Waals surface area (Å²) in [7, 11) is 0.